The predicted molar refractivity (Wildman–Crippen MR) is 67.4 cm³/mol. The summed E-state index contributed by atoms with van der Waals surface area (Å²) in [4.78, 5) is 11.7. The van der Waals surface area contributed by atoms with Crippen molar-refractivity contribution in [3.05, 3.63) is 46.8 Å². The van der Waals surface area contributed by atoms with Crippen LogP contribution in [0.1, 0.15) is 10.6 Å². The van der Waals surface area contributed by atoms with Crippen molar-refractivity contribution in [2.75, 3.05) is 12.4 Å². The zero-order chi connectivity index (χ0) is 12.3. The van der Waals surface area contributed by atoms with Gasteiger partial charge in [-0.15, -0.1) is 0 Å². The summed E-state index contributed by atoms with van der Waals surface area (Å²) in [5.74, 6) is 0.699. The molecular formula is C12H10BrNO3. The highest BCUT2D eigenvalue weighted by molar-refractivity contribution is 9.10. The van der Waals surface area contributed by atoms with E-state index in [-0.39, 0.29) is 11.7 Å². The Bertz CT molecular complexity index is 523. The van der Waals surface area contributed by atoms with Gasteiger partial charge >= 0.3 is 0 Å². The fraction of sp³-hybridized carbons (Fsp3) is 0.0833. The van der Waals surface area contributed by atoms with Crippen LogP contribution in [0.15, 0.2) is 45.5 Å². The van der Waals surface area contributed by atoms with Crippen LogP contribution >= 0.6 is 15.9 Å². The number of rotatable bonds is 3. The Morgan fingerprint density at radius 2 is 2.24 bits per heavy atom. The molecule has 0 saturated carbocycles. The zero-order valence-electron chi connectivity index (χ0n) is 9.07. The fourth-order valence-corrected chi connectivity index (χ4v) is 1.89. The van der Waals surface area contributed by atoms with Crippen LogP contribution < -0.4 is 10.1 Å². The highest BCUT2D eigenvalue weighted by Crippen LogP contribution is 2.27. The largest absolute Gasteiger partial charge is 0.496 e. The first-order valence-electron chi connectivity index (χ1n) is 4.89. The predicted octanol–water partition coefficient (Wildman–Crippen LogP) is 3.30. The van der Waals surface area contributed by atoms with Gasteiger partial charge in [0.2, 0.25) is 0 Å². The van der Waals surface area contributed by atoms with Crippen LogP contribution in [0.4, 0.5) is 5.69 Å². The van der Waals surface area contributed by atoms with Gasteiger partial charge in [0.05, 0.1) is 17.8 Å². The summed E-state index contributed by atoms with van der Waals surface area (Å²) in [5, 5.41) is 2.72. The number of benzene rings is 1. The Kier molecular flexibility index (Phi) is 3.49. The summed E-state index contributed by atoms with van der Waals surface area (Å²) < 4.78 is 10.9. The van der Waals surface area contributed by atoms with E-state index in [4.69, 9.17) is 9.15 Å². The van der Waals surface area contributed by atoms with Gasteiger partial charge in [0, 0.05) is 5.69 Å². The minimum atomic E-state index is -0.285. The highest BCUT2D eigenvalue weighted by Gasteiger charge is 2.09. The van der Waals surface area contributed by atoms with E-state index in [1.807, 2.05) is 0 Å². The van der Waals surface area contributed by atoms with Crippen molar-refractivity contribution in [1.29, 1.82) is 0 Å². The van der Waals surface area contributed by atoms with E-state index in [0.29, 0.717) is 11.4 Å². The molecule has 88 valence electrons. The second-order valence-electron chi connectivity index (χ2n) is 3.28. The van der Waals surface area contributed by atoms with E-state index >= 15 is 0 Å². The van der Waals surface area contributed by atoms with Gasteiger partial charge in [0.15, 0.2) is 5.76 Å². The van der Waals surface area contributed by atoms with Crippen LogP contribution in [0.5, 0.6) is 5.75 Å². The Labute approximate surface area is 107 Å². The Morgan fingerprint density at radius 1 is 1.41 bits per heavy atom. The minimum Gasteiger partial charge on any atom is -0.496 e. The first-order valence-corrected chi connectivity index (χ1v) is 5.68. The Hall–Kier alpha value is -1.75. The number of halogens is 1. The molecule has 5 heteroatoms. The van der Waals surface area contributed by atoms with Crippen molar-refractivity contribution in [2.24, 2.45) is 0 Å². The molecule has 2 rings (SSSR count). The molecule has 0 aliphatic rings. The lowest BCUT2D eigenvalue weighted by Gasteiger charge is -2.06. The lowest BCUT2D eigenvalue weighted by Crippen LogP contribution is -2.10. The summed E-state index contributed by atoms with van der Waals surface area (Å²) in [6.07, 6.45) is 1.46. The molecule has 0 bridgehead atoms. The number of methoxy groups -OCH3 is 1. The molecule has 0 saturated heterocycles. The molecule has 4 nitrogen and oxygen atoms in total. The number of carbonyl (C=O) groups is 1. The molecule has 0 unspecified atom stereocenters. The summed E-state index contributed by atoms with van der Waals surface area (Å²) in [6, 6.07) is 8.55. The van der Waals surface area contributed by atoms with E-state index in [2.05, 4.69) is 21.2 Å². The third-order valence-electron chi connectivity index (χ3n) is 2.15. The normalized spacial score (nSPS) is 10.0. The molecule has 1 amide bonds. The van der Waals surface area contributed by atoms with Crippen molar-refractivity contribution in [2.45, 2.75) is 0 Å². The van der Waals surface area contributed by atoms with Gasteiger partial charge in [-0.05, 0) is 46.3 Å². The maximum Gasteiger partial charge on any atom is 0.291 e. The first kappa shape index (κ1) is 11.7. The Balaban J connectivity index is 2.14. The van der Waals surface area contributed by atoms with Gasteiger partial charge in [0.1, 0.15) is 5.75 Å². The van der Waals surface area contributed by atoms with Crippen molar-refractivity contribution in [3.63, 3.8) is 0 Å². The second-order valence-corrected chi connectivity index (χ2v) is 4.14. The number of nitrogens with one attached hydrogen (secondary N) is 1. The topological polar surface area (TPSA) is 51.5 Å². The number of amides is 1. The molecule has 0 radical (unpaired) electrons. The fourth-order valence-electron chi connectivity index (χ4n) is 1.34. The molecule has 0 aliphatic heterocycles. The number of hydrogen-bond donors (Lipinski definition) is 1. The zero-order valence-corrected chi connectivity index (χ0v) is 10.7. The van der Waals surface area contributed by atoms with E-state index in [9.17, 15) is 4.79 Å². The molecular weight excluding hydrogens is 286 g/mol. The van der Waals surface area contributed by atoms with Gasteiger partial charge in [-0.2, -0.15) is 0 Å². The molecule has 0 aliphatic carbocycles. The van der Waals surface area contributed by atoms with Crippen LogP contribution in [-0.2, 0) is 0 Å². The van der Waals surface area contributed by atoms with E-state index in [0.717, 1.165) is 4.47 Å². The summed E-state index contributed by atoms with van der Waals surface area (Å²) in [7, 11) is 1.58. The lowest BCUT2D eigenvalue weighted by molar-refractivity contribution is 0.0996. The third-order valence-corrected chi connectivity index (χ3v) is 2.77. The molecule has 0 atom stereocenters. The van der Waals surface area contributed by atoms with E-state index < -0.39 is 0 Å². The minimum absolute atomic E-state index is 0.275. The number of anilines is 1. The Morgan fingerprint density at radius 3 is 2.82 bits per heavy atom. The lowest BCUT2D eigenvalue weighted by atomic mass is 10.3. The van der Waals surface area contributed by atoms with Crippen LogP contribution in [-0.4, -0.2) is 13.0 Å². The smallest absolute Gasteiger partial charge is 0.291 e. The average molecular weight is 296 g/mol. The number of furan rings is 1. The SMILES string of the molecule is COc1ccc(NC(=O)c2ccco2)cc1Br. The third kappa shape index (κ3) is 2.68. The quantitative estimate of drug-likeness (QED) is 0.945. The van der Waals surface area contributed by atoms with Gasteiger partial charge in [-0.1, -0.05) is 0 Å². The van der Waals surface area contributed by atoms with Crippen molar-refractivity contribution < 1.29 is 13.9 Å². The second kappa shape index (κ2) is 5.05. The van der Waals surface area contributed by atoms with Crippen LogP contribution in [0.25, 0.3) is 0 Å². The standard InChI is InChI=1S/C12H10BrNO3/c1-16-10-5-4-8(7-9(10)13)14-12(15)11-3-2-6-17-11/h2-7H,1H3,(H,14,15). The van der Waals surface area contributed by atoms with Crippen molar-refractivity contribution in [3.8, 4) is 5.75 Å². The molecule has 1 aromatic carbocycles. The molecule has 1 aromatic heterocycles. The van der Waals surface area contributed by atoms with E-state index in [1.165, 1.54) is 6.26 Å². The van der Waals surface area contributed by atoms with E-state index in [1.54, 1.807) is 37.4 Å². The maximum absolute atomic E-state index is 11.7. The molecule has 1 N–H and O–H groups in total. The maximum atomic E-state index is 11.7. The molecule has 0 spiro atoms. The number of ether oxygens (including phenoxy) is 1. The van der Waals surface area contributed by atoms with Crippen molar-refractivity contribution in [1.82, 2.24) is 0 Å². The van der Waals surface area contributed by atoms with Crippen LogP contribution in [0.3, 0.4) is 0 Å². The first-order chi connectivity index (χ1) is 8.20. The monoisotopic (exact) mass is 295 g/mol. The average Bonchev–Trinajstić information content (AvgIpc) is 2.82. The molecule has 0 fully saturated rings. The van der Waals surface area contributed by atoms with Crippen LogP contribution in [0, 0.1) is 0 Å². The number of carbonyl (C=O) groups excluding carboxylic acids is 1. The van der Waals surface area contributed by atoms with Crippen LogP contribution in [0.2, 0.25) is 0 Å². The van der Waals surface area contributed by atoms with Gasteiger partial charge in [-0.25, -0.2) is 0 Å². The molecule has 17 heavy (non-hydrogen) atoms. The van der Waals surface area contributed by atoms with Gasteiger partial charge < -0.3 is 14.5 Å². The van der Waals surface area contributed by atoms with Crippen molar-refractivity contribution >= 4 is 27.5 Å². The summed E-state index contributed by atoms with van der Waals surface area (Å²) >= 11 is 3.35. The highest BCUT2D eigenvalue weighted by atomic mass is 79.9. The van der Waals surface area contributed by atoms with Gasteiger partial charge in [0.25, 0.3) is 5.91 Å². The summed E-state index contributed by atoms with van der Waals surface area (Å²) in [6.45, 7) is 0. The summed E-state index contributed by atoms with van der Waals surface area (Å²) in [5.41, 5.74) is 0.666. The van der Waals surface area contributed by atoms with Gasteiger partial charge in [-0.3, -0.25) is 4.79 Å². The number of hydrogen-bond acceptors (Lipinski definition) is 3. The molecule has 2 aromatic rings. The molecule has 1 heterocycles.